The Morgan fingerprint density at radius 2 is 1.91 bits per heavy atom. The van der Waals surface area contributed by atoms with Crippen molar-refractivity contribution in [3.63, 3.8) is 0 Å². The maximum Gasteiger partial charge on any atom is 0.270 e. The van der Waals surface area contributed by atoms with Gasteiger partial charge in [-0.2, -0.15) is 0 Å². The van der Waals surface area contributed by atoms with Gasteiger partial charge < -0.3 is 19.9 Å². The summed E-state index contributed by atoms with van der Waals surface area (Å²) in [5, 5.41) is 3.93. The molecule has 0 aliphatic carbocycles. The van der Waals surface area contributed by atoms with Crippen molar-refractivity contribution in [1.82, 2.24) is 19.9 Å². The number of pyridine rings is 2. The highest BCUT2D eigenvalue weighted by atomic mass is 19.1. The number of nitrogens with one attached hydrogen (secondary N) is 2. The lowest BCUT2D eigenvalue weighted by atomic mass is 10.1. The number of ether oxygens (including phenoxy) is 1. The number of aromatic amines is 1. The van der Waals surface area contributed by atoms with Gasteiger partial charge in [-0.25, -0.2) is 14.4 Å². The second-order valence-electron chi connectivity index (χ2n) is 8.16. The SMILES string of the molecule is Cc1cccc(Nc2cccc([C@H]3CN(C(=O)c4[nH]c5ccc(F)cc5c4C)CCO3)n2)n1. The van der Waals surface area contributed by atoms with Crippen LogP contribution in [0.25, 0.3) is 10.9 Å². The van der Waals surface area contributed by atoms with Crippen molar-refractivity contribution in [3.05, 3.63) is 83.1 Å². The molecule has 7 nitrogen and oxygen atoms in total. The number of carbonyl (C=O) groups is 1. The van der Waals surface area contributed by atoms with E-state index in [0.717, 1.165) is 22.5 Å². The van der Waals surface area contributed by atoms with E-state index in [-0.39, 0.29) is 17.8 Å². The van der Waals surface area contributed by atoms with Crippen LogP contribution in [0.5, 0.6) is 0 Å². The molecule has 8 heteroatoms. The number of aromatic nitrogens is 3. The van der Waals surface area contributed by atoms with Gasteiger partial charge in [0, 0.05) is 23.1 Å². The minimum atomic E-state index is -0.350. The van der Waals surface area contributed by atoms with E-state index in [2.05, 4.69) is 20.3 Å². The molecular formula is C25H24FN5O2. The van der Waals surface area contributed by atoms with Crippen molar-refractivity contribution >= 4 is 28.4 Å². The molecule has 3 aromatic heterocycles. The number of hydrogen-bond acceptors (Lipinski definition) is 5. The van der Waals surface area contributed by atoms with Gasteiger partial charge in [-0.15, -0.1) is 0 Å². The molecule has 0 bridgehead atoms. The van der Waals surface area contributed by atoms with Crippen LogP contribution in [0.4, 0.5) is 16.0 Å². The second-order valence-corrected chi connectivity index (χ2v) is 8.16. The maximum atomic E-state index is 13.7. The predicted molar refractivity (Wildman–Crippen MR) is 124 cm³/mol. The van der Waals surface area contributed by atoms with Crippen LogP contribution < -0.4 is 5.32 Å². The van der Waals surface area contributed by atoms with Gasteiger partial charge in [0.1, 0.15) is 29.3 Å². The Bertz CT molecular complexity index is 1340. The summed E-state index contributed by atoms with van der Waals surface area (Å²) in [4.78, 5) is 27.3. The van der Waals surface area contributed by atoms with Crippen LogP contribution in [0.3, 0.4) is 0 Å². The van der Waals surface area contributed by atoms with Crippen molar-refractivity contribution in [2.24, 2.45) is 0 Å². The van der Waals surface area contributed by atoms with E-state index in [9.17, 15) is 9.18 Å². The molecule has 0 saturated carbocycles. The van der Waals surface area contributed by atoms with Crippen molar-refractivity contribution < 1.29 is 13.9 Å². The van der Waals surface area contributed by atoms with E-state index in [4.69, 9.17) is 4.74 Å². The Kier molecular flexibility index (Phi) is 5.51. The fraction of sp³-hybridized carbons (Fsp3) is 0.240. The third kappa shape index (κ3) is 4.29. The zero-order chi connectivity index (χ0) is 22.9. The number of anilines is 2. The van der Waals surface area contributed by atoms with Crippen molar-refractivity contribution in [1.29, 1.82) is 0 Å². The van der Waals surface area contributed by atoms with Crippen molar-refractivity contribution in [2.45, 2.75) is 20.0 Å². The van der Waals surface area contributed by atoms with Crippen molar-refractivity contribution in [2.75, 3.05) is 25.0 Å². The Hall–Kier alpha value is -3.78. The first kappa shape index (κ1) is 21.1. The number of H-pyrrole nitrogens is 1. The summed E-state index contributed by atoms with van der Waals surface area (Å²) in [5.41, 5.74) is 3.61. The number of morpholine rings is 1. The molecule has 4 heterocycles. The lowest BCUT2D eigenvalue weighted by molar-refractivity contribution is -0.0248. The number of halogens is 1. The topological polar surface area (TPSA) is 83.1 Å². The number of carbonyl (C=O) groups excluding carboxylic acids is 1. The molecule has 1 aromatic carbocycles. The molecule has 1 fully saturated rings. The maximum absolute atomic E-state index is 13.7. The summed E-state index contributed by atoms with van der Waals surface area (Å²) >= 11 is 0. The minimum Gasteiger partial charge on any atom is -0.368 e. The monoisotopic (exact) mass is 445 g/mol. The van der Waals surface area contributed by atoms with E-state index in [1.807, 2.05) is 50.2 Å². The molecule has 4 aromatic rings. The zero-order valence-corrected chi connectivity index (χ0v) is 18.4. The van der Waals surface area contributed by atoms with Crippen LogP contribution in [0.15, 0.2) is 54.6 Å². The van der Waals surface area contributed by atoms with E-state index in [1.165, 1.54) is 12.1 Å². The Morgan fingerprint density at radius 1 is 1.12 bits per heavy atom. The van der Waals surface area contributed by atoms with Gasteiger partial charge in [-0.05, 0) is 61.9 Å². The number of rotatable bonds is 4. The van der Waals surface area contributed by atoms with E-state index in [1.54, 1.807) is 11.0 Å². The molecule has 1 saturated heterocycles. The van der Waals surface area contributed by atoms with E-state index < -0.39 is 0 Å². The number of nitrogens with zero attached hydrogens (tertiary/aromatic N) is 3. The van der Waals surface area contributed by atoms with Gasteiger partial charge in [-0.1, -0.05) is 12.1 Å². The first-order valence-electron chi connectivity index (χ1n) is 10.8. The fourth-order valence-electron chi connectivity index (χ4n) is 4.13. The summed E-state index contributed by atoms with van der Waals surface area (Å²) in [6.07, 6.45) is -0.350. The summed E-state index contributed by atoms with van der Waals surface area (Å²) in [7, 11) is 0. The Balaban J connectivity index is 1.35. The fourth-order valence-corrected chi connectivity index (χ4v) is 4.13. The quantitative estimate of drug-likeness (QED) is 0.477. The Morgan fingerprint density at radius 3 is 2.73 bits per heavy atom. The first-order valence-corrected chi connectivity index (χ1v) is 10.8. The van der Waals surface area contributed by atoms with Gasteiger partial charge in [0.2, 0.25) is 0 Å². The average Bonchev–Trinajstić information content (AvgIpc) is 3.14. The number of amides is 1. The zero-order valence-electron chi connectivity index (χ0n) is 18.4. The molecule has 5 rings (SSSR count). The molecule has 1 atom stereocenters. The molecule has 1 aliphatic heterocycles. The third-order valence-electron chi connectivity index (χ3n) is 5.83. The second kappa shape index (κ2) is 8.63. The Labute approximate surface area is 190 Å². The lowest BCUT2D eigenvalue weighted by Crippen LogP contribution is -2.42. The highest BCUT2D eigenvalue weighted by Gasteiger charge is 2.29. The summed E-state index contributed by atoms with van der Waals surface area (Å²) in [5.74, 6) is 0.920. The standard InChI is InChI=1S/C25H24FN5O2/c1-15-5-3-7-22(27-15)30-23-8-4-6-20(28-23)21-14-31(11-12-33-21)25(32)24-16(2)18-13-17(26)9-10-19(18)29-24/h3-10,13,21,29H,11-12,14H2,1-2H3,(H,27,28,30)/t21-/m1/s1. The number of benzene rings is 1. The van der Waals surface area contributed by atoms with Gasteiger partial charge in [0.25, 0.3) is 5.91 Å². The van der Waals surface area contributed by atoms with Crippen LogP contribution in [-0.4, -0.2) is 45.5 Å². The van der Waals surface area contributed by atoms with Crippen LogP contribution in [-0.2, 0) is 4.74 Å². The third-order valence-corrected chi connectivity index (χ3v) is 5.83. The average molecular weight is 445 g/mol. The van der Waals surface area contributed by atoms with Gasteiger partial charge in [0.15, 0.2) is 0 Å². The number of hydrogen-bond donors (Lipinski definition) is 2. The highest BCUT2D eigenvalue weighted by Crippen LogP contribution is 2.27. The largest absolute Gasteiger partial charge is 0.368 e. The minimum absolute atomic E-state index is 0.129. The molecule has 0 spiro atoms. The molecule has 1 aliphatic rings. The lowest BCUT2D eigenvalue weighted by Gasteiger charge is -2.32. The smallest absolute Gasteiger partial charge is 0.270 e. The van der Waals surface area contributed by atoms with Gasteiger partial charge >= 0.3 is 0 Å². The number of fused-ring (bicyclic) bond motifs is 1. The normalized spacial score (nSPS) is 16.2. The summed E-state index contributed by atoms with van der Waals surface area (Å²) < 4.78 is 19.6. The first-order chi connectivity index (χ1) is 16.0. The number of aryl methyl sites for hydroxylation is 2. The van der Waals surface area contributed by atoms with Gasteiger partial charge in [-0.3, -0.25) is 4.79 Å². The molecule has 168 valence electrons. The summed E-state index contributed by atoms with van der Waals surface area (Å²) in [6, 6.07) is 15.9. The van der Waals surface area contributed by atoms with Crippen LogP contribution in [0, 0.1) is 19.7 Å². The molecule has 2 N–H and O–H groups in total. The van der Waals surface area contributed by atoms with Crippen LogP contribution in [0.1, 0.15) is 33.5 Å². The van der Waals surface area contributed by atoms with Gasteiger partial charge in [0.05, 0.1) is 18.8 Å². The molecule has 33 heavy (non-hydrogen) atoms. The van der Waals surface area contributed by atoms with E-state index >= 15 is 0 Å². The highest BCUT2D eigenvalue weighted by molar-refractivity contribution is 6.01. The molecular weight excluding hydrogens is 421 g/mol. The molecule has 0 unspecified atom stereocenters. The van der Waals surface area contributed by atoms with Crippen LogP contribution >= 0.6 is 0 Å². The predicted octanol–water partition coefficient (Wildman–Crippen LogP) is 4.67. The summed E-state index contributed by atoms with van der Waals surface area (Å²) in [6.45, 7) is 5.02. The van der Waals surface area contributed by atoms with E-state index in [0.29, 0.717) is 42.4 Å². The van der Waals surface area contributed by atoms with Crippen molar-refractivity contribution in [3.8, 4) is 0 Å². The molecule has 1 amide bonds. The van der Waals surface area contributed by atoms with Crippen LogP contribution in [0.2, 0.25) is 0 Å². The molecule has 0 radical (unpaired) electrons.